The average Bonchev–Trinajstić information content (AvgIpc) is 3.44. The number of aromatic nitrogens is 3. The van der Waals surface area contributed by atoms with Gasteiger partial charge in [0.15, 0.2) is 16.7 Å². The van der Waals surface area contributed by atoms with Gasteiger partial charge in [-0.1, -0.05) is 29.5 Å². The first-order valence-electron chi connectivity index (χ1n) is 9.96. The highest BCUT2D eigenvalue weighted by molar-refractivity contribution is 7.22. The molecule has 1 amide bonds. The van der Waals surface area contributed by atoms with Gasteiger partial charge < -0.3 is 4.42 Å². The Bertz CT molecular complexity index is 1440. The van der Waals surface area contributed by atoms with E-state index in [-0.39, 0.29) is 23.0 Å². The number of carbonyl (C=O) groups is 1. The Labute approximate surface area is 185 Å². The van der Waals surface area contributed by atoms with E-state index < -0.39 is 17.5 Å². The summed E-state index contributed by atoms with van der Waals surface area (Å²) in [6, 6.07) is 12.9. The van der Waals surface area contributed by atoms with E-state index in [0.717, 1.165) is 34.2 Å². The summed E-state index contributed by atoms with van der Waals surface area (Å²) in [6.45, 7) is 4.45. The number of hydrogen-bond donors (Lipinski definition) is 0. The van der Waals surface area contributed by atoms with E-state index in [4.69, 9.17) is 4.42 Å². The maximum Gasteiger partial charge on any atom is 0.295 e. The first-order valence-corrected chi connectivity index (χ1v) is 10.8. The minimum atomic E-state index is -0.766. The molecule has 0 saturated carbocycles. The molecule has 32 heavy (non-hydrogen) atoms. The Balaban J connectivity index is 1.55. The van der Waals surface area contributed by atoms with Crippen LogP contribution in [0.5, 0.6) is 0 Å². The zero-order valence-electron chi connectivity index (χ0n) is 17.3. The largest absolute Gasteiger partial charge is 0.451 e. The van der Waals surface area contributed by atoms with E-state index in [2.05, 4.69) is 10.1 Å². The normalized spacial score (nSPS) is 11.5. The minimum Gasteiger partial charge on any atom is -0.451 e. The van der Waals surface area contributed by atoms with Gasteiger partial charge in [0.2, 0.25) is 0 Å². The maximum absolute atomic E-state index is 14.3. The lowest BCUT2D eigenvalue weighted by atomic mass is 10.2. The summed E-state index contributed by atoms with van der Waals surface area (Å²) in [4.78, 5) is 19.2. The van der Waals surface area contributed by atoms with E-state index in [1.54, 1.807) is 16.8 Å². The summed E-state index contributed by atoms with van der Waals surface area (Å²) in [7, 11) is 0. The van der Waals surface area contributed by atoms with Gasteiger partial charge >= 0.3 is 0 Å². The van der Waals surface area contributed by atoms with E-state index in [1.165, 1.54) is 11.0 Å². The Hall–Kier alpha value is -3.59. The number of fused-ring (bicyclic) bond motifs is 2. The van der Waals surface area contributed by atoms with Gasteiger partial charge in [-0.05, 0) is 38.1 Å². The second kappa shape index (κ2) is 7.83. The quantitative estimate of drug-likeness (QED) is 0.354. The van der Waals surface area contributed by atoms with E-state index >= 15 is 0 Å². The number of benzene rings is 2. The van der Waals surface area contributed by atoms with Crippen molar-refractivity contribution in [2.45, 2.75) is 20.4 Å². The molecule has 0 fully saturated rings. The molecule has 0 aliphatic carbocycles. The smallest absolute Gasteiger partial charge is 0.295 e. The third-order valence-electron chi connectivity index (χ3n) is 5.15. The van der Waals surface area contributed by atoms with Gasteiger partial charge in [0.05, 0.1) is 16.9 Å². The van der Waals surface area contributed by atoms with Crippen molar-refractivity contribution in [3.05, 3.63) is 77.3 Å². The SMILES string of the molecule is Cc1cc(C)n(CCN(C(=O)c2cc3ccccc3o2)c2nc3c(F)cc(F)cc3s2)n1. The van der Waals surface area contributed by atoms with E-state index in [0.29, 0.717) is 16.8 Å². The molecule has 0 saturated heterocycles. The third-order valence-corrected chi connectivity index (χ3v) is 6.18. The molecule has 5 aromatic rings. The lowest BCUT2D eigenvalue weighted by Gasteiger charge is -2.19. The molecular weight excluding hydrogens is 434 g/mol. The van der Waals surface area contributed by atoms with Gasteiger partial charge in [0.1, 0.15) is 16.9 Å². The second-order valence-corrected chi connectivity index (χ2v) is 8.50. The minimum absolute atomic E-state index is 0.0277. The van der Waals surface area contributed by atoms with Crippen LogP contribution >= 0.6 is 11.3 Å². The molecule has 6 nitrogen and oxygen atoms in total. The molecular formula is C23H18F2N4O2S. The van der Waals surface area contributed by atoms with Crippen molar-refractivity contribution >= 4 is 43.6 Å². The number of nitrogens with zero attached hydrogens (tertiary/aromatic N) is 4. The fourth-order valence-corrected chi connectivity index (χ4v) is 4.69. The van der Waals surface area contributed by atoms with Gasteiger partial charge in [-0.15, -0.1) is 0 Å². The summed E-state index contributed by atoms with van der Waals surface area (Å²) in [5.41, 5.74) is 2.44. The van der Waals surface area contributed by atoms with Crippen LogP contribution in [0, 0.1) is 25.5 Å². The van der Waals surface area contributed by atoms with Crippen molar-refractivity contribution in [3.63, 3.8) is 0 Å². The molecule has 0 aliphatic heterocycles. The van der Waals surface area contributed by atoms with Gasteiger partial charge in [0, 0.05) is 23.7 Å². The van der Waals surface area contributed by atoms with Crippen LogP contribution in [0.25, 0.3) is 21.2 Å². The number of carbonyl (C=O) groups excluding carboxylic acids is 1. The summed E-state index contributed by atoms with van der Waals surface area (Å²) < 4.78 is 35.8. The van der Waals surface area contributed by atoms with Crippen molar-refractivity contribution in [2.75, 3.05) is 11.4 Å². The van der Waals surface area contributed by atoms with Crippen LogP contribution in [0.3, 0.4) is 0 Å². The Morgan fingerprint density at radius 1 is 1.16 bits per heavy atom. The van der Waals surface area contributed by atoms with Crippen molar-refractivity contribution in [1.29, 1.82) is 0 Å². The lowest BCUT2D eigenvalue weighted by molar-refractivity contribution is 0.0961. The summed E-state index contributed by atoms with van der Waals surface area (Å²) in [5.74, 6) is -1.73. The maximum atomic E-state index is 14.3. The molecule has 0 atom stereocenters. The molecule has 0 bridgehead atoms. The average molecular weight is 452 g/mol. The fourth-order valence-electron chi connectivity index (χ4n) is 3.66. The molecule has 0 aliphatic rings. The monoisotopic (exact) mass is 452 g/mol. The number of hydrogen-bond acceptors (Lipinski definition) is 5. The molecule has 0 unspecified atom stereocenters. The van der Waals surface area contributed by atoms with Crippen LogP contribution in [-0.4, -0.2) is 27.2 Å². The van der Waals surface area contributed by atoms with Crippen molar-refractivity contribution < 1.29 is 18.0 Å². The molecule has 0 radical (unpaired) electrons. The molecule has 0 spiro atoms. The zero-order valence-corrected chi connectivity index (χ0v) is 18.1. The fraction of sp³-hybridized carbons (Fsp3) is 0.174. The standard InChI is InChI=1S/C23H18F2N4O2S/c1-13-9-14(2)29(27-13)8-7-28(22(30)19-10-15-5-3-4-6-18(15)31-19)23-26-21-17(25)11-16(24)12-20(21)32-23/h3-6,9-12H,7-8H2,1-2H3. The Kier molecular flexibility index (Phi) is 4.97. The van der Waals surface area contributed by atoms with Crippen molar-refractivity contribution in [2.24, 2.45) is 0 Å². The van der Waals surface area contributed by atoms with Gasteiger partial charge in [-0.2, -0.15) is 5.10 Å². The number of rotatable bonds is 5. The van der Waals surface area contributed by atoms with Gasteiger partial charge in [-0.3, -0.25) is 14.4 Å². The van der Waals surface area contributed by atoms with Crippen LogP contribution in [0.15, 0.2) is 52.9 Å². The molecule has 5 rings (SSSR count). The van der Waals surface area contributed by atoms with E-state index in [9.17, 15) is 13.6 Å². The second-order valence-electron chi connectivity index (χ2n) is 7.49. The first kappa shape index (κ1) is 20.3. The number of thiazole rings is 1. The molecule has 2 aromatic carbocycles. The first-order chi connectivity index (χ1) is 15.4. The Morgan fingerprint density at radius 3 is 2.72 bits per heavy atom. The van der Waals surface area contributed by atoms with Gasteiger partial charge in [0.25, 0.3) is 5.91 Å². The summed E-state index contributed by atoms with van der Waals surface area (Å²) in [6.07, 6.45) is 0. The van der Waals surface area contributed by atoms with Crippen molar-refractivity contribution in [1.82, 2.24) is 14.8 Å². The molecule has 0 N–H and O–H groups in total. The predicted molar refractivity (Wildman–Crippen MR) is 119 cm³/mol. The molecule has 162 valence electrons. The van der Waals surface area contributed by atoms with Crippen LogP contribution in [0.1, 0.15) is 21.9 Å². The zero-order chi connectivity index (χ0) is 22.4. The number of halogens is 2. The Morgan fingerprint density at radius 2 is 1.97 bits per heavy atom. The summed E-state index contributed by atoms with van der Waals surface area (Å²) >= 11 is 1.05. The molecule has 3 aromatic heterocycles. The number of amides is 1. The lowest BCUT2D eigenvalue weighted by Crippen LogP contribution is -2.34. The van der Waals surface area contributed by atoms with Gasteiger partial charge in [-0.25, -0.2) is 13.8 Å². The third kappa shape index (κ3) is 3.64. The molecule has 9 heteroatoms. The van der Waals surface area contributed by atoms with E-state index in [1.807, 2.05) is 38.1 Å². The van der Waals surface area contributed by atoms with Crippen LogP contribution < -0.4 is 4.90 Å². The number of aryl methyl sites for hydroxylation is 2. The van der Waals surface area contributed by atoms with Crippen LogP contribution in [0.2, 0.25) is 0 Å². The van der Waals surface area contributed by atoms with Crippen molar-refractivity contribution in [3.8, 4) is 0 Å². The highest BCUT2D eigenvalue weighted by Gasteiger charge is 2.25. The number of anilines is 1. The van der Waals surface area contributed by atoms with Crippen LogP contribution in [0.4, 0.5) is 13.9 Å². The summed E-state index contributed by atoms with van der Waals surface area (Å²) in [5, 5.41) is 5.50. The highest BCUT2D eigenvalue weighted by Crippen LogP contribution is 2.32. The predicted octanol–water partition coefficient (Wildman–Crippen LogP) is 5.48. The highest BCUT2D eigenvalue weighted by atomic mass is 32.1. The van der Waals surface area contributed by atoms with Crippen LogP contribution in [-0.2, 0) is 6.54 Å². The number of furan rings is 1. The molecule has 3 heterocycles. The topological polar surface area (TPSA) is 64.2 Å². The number of para-hydroxylation sites is 1.